The number of benzene rings is 1. The van der Waals surface area contributed by atoms with Gasteiger partial charge in [-0.15, -0.1) is 0 Å². The van der Waals surface area contributed by atoms with Crippen molar-refractivity contribution in [2.24, 2.45) is 5.92 Å². The van der Waals surface area contributed by atoms with E-state index < -0.39 is 9.84 Å². The SMILES string of the molecule is CC(C)CS(=O)(=O)c1cc(N)cc(Br)c1. The minimum atomic E-state index is -3.21. The Labute approximate surface area is 98.7 Å². The highest BCUT2D eigenvalue weighted by atomic mass is 79.9. The summed E-state index contributed by atoms with van der Waals surface area (Å²) in [7, 11) is -3.21. The Kier molecular flexibility index (Phi) is 3.78. The van der Waals surface area contributed by atoms with Crippen LogP contribution >= 0.6 is 15.9 Å². The van der Waals surface area contributed by atoms with E-state index in [2.05, 4.69) is 15.9 Å². The molecule has 0 amide bonds. The molecule has 0 radical (unpaired) electrons. The summed E-state index contributed by atoms with van der Waals surface area (Å²) in [6.45, 7) is 3.75. The number of halogens is 1. The van der Waals surface area contributed by atoms with Crippen molar-refractivity contribution in [3.8, 4) is 0 Å². The summed E-state index contributed by atoms with van der Waals surface area (Å²) >= 11 is 3.23. The summed E-state index contributed by atoms with van der Waals surface area (Å²) in [6, 6.07) is 4.74. The lowest BCUT2D eigenvalue weighted by atomic mass is 10.3. The Bertz CT molecular complexity index is 434. The van der Waals surface area contributed by atoms with Crippen LogP contribution in [0.1, 0.15) is 13.8 Å². The quantitative estimate of drug-likeness (QED) is 0.871. The lowest BCUT2D eigenvalue weighted by Gasteiger charge is -2.08. The van der Waals surface area contributed by atoms with Crippen LogP contribution in [0.4, 0.5) is 5.69 Å². The monoisotopic (exact) mass is 291 g/mol. The molecule has 84 valence electrons. The molecule has 0 aliphatic rings. The van der Waals surface area contributed by atoms with Gasteiger partial charge in [-0.25, -0.2) is 8.42 Å². The van der Waals surface area contributed by atoms with Gasteiger partial charge in [-0.2, -0.15) is 0 Å². The van der Waals surface area contributed by atoms with Gasteiger partial charge >= 0.3 is 0 Å². The van der Waals surface area contributed by atoms with E-state index in [0.717, 1.165) is 0 Å². The molecule has 0 bridgehead atoms. The minimum absolute atomic E-state index is 0.107. The number of anilines is 1. The summed E-state index contributed by atoms with van der Waals surface area (Å²) in [5.41, 5.74) is 6.04. The fourth-order valence-electron chi connectivity index (χ4n) is 1.30. The van der Waals surface area contributed by atoms with Crippen LogP contribution in [0.25, 0.3) is 0 Å². The first-order chi connectivity index (χ1) is 6.81. The summed E-state index contributed by atoms with van der Waals surface area (Å²) in [5, 5.41) is 0. The fraction of sp³-hybridized carbons (Fsp3) is 0.400. The van der Waals surface area contributed by atoms with Crippen LogP contribution in [0.2, 0.25) is 0 Å². The van der Waals surface area contributed by atoms with Crippen molar-refractivity contribution in [2.75, 3.05) is 11.5 Å². The van der Waals surface area contributed by atoms with Gasteiger partial charge in [-0.05, 0) is 24.1 Å². The first-order valence-corrected chi connectivity index (χ1v) is 7.04. The normalized spacial score (nSPS) is 12.0. The average molecular weight is 292 g/mol. The van der Waals surface area contributed by atoms with E-state index >= 15 is 0 Å². The summed E-state index contributed by atoms with van der Waals surface area (Å²) in [4.78, 5) is 0.281. The van der Waals surface area contributed by atoms with Gasteiger partial charge < -0.3 is 5.73 Å². The van der Waals surface area contributed by atoms with Gasteiger partial charge in [0, 0.05) is 10.2 Å². The number of rotatable bonds is 3. The van der Waals surface area contributed by atoms with Crippen molar-refractivity contribution in [1.29, 1.82) is 0 Å². The number of hydrogen-bond acceptors (Lipinski definition) is 3. The Hall–Kier alpha value is -0.550. The third-order valence-corrected chi connectivity index (χ3v) is 4.32. The van der Waals surface area contributed by atoms with Gasteiger partial charge in [0.15, 0.2) is 9.84 Å². The molecule has 15 heavy (non-hydrogen) atoms. The van der Waals surface area contributed by atoms with E-state index in [1.54, 1.807) is 12.1 Å². The van der Waals surface area contributed by atoms with E-state index in [0.29, 0.717) is 10.2 Å². The smallest absolute Gasteiger partial charge is 0.178 e. The highest BCUT2D eigenvalue weighted by Gasteiger charge is 2.17. The maximum atomic E-state index is 11.9. The van der Waals surface area contributed by atoms with Gasteiger partial charge in [-0.1, -0.05) is 29.8 Å². The molecule has 0 fully saturated rings. The van der Waals surface area contributed by atoms with E-state index in [1.807, 2.05) is 13.8 Å². The van der Waals surface area contributed by atoms with Crippen molar-refractivity contribution >= 4 is 31.5 Å². The van der Waals surface area contributed by atoms with Gasteiger partial charge in [0.1, 0.15) is 0 Å². The Morgan fingerprint density at radius 2 is 1.93 bits per heavy atom. The van der Waals surface area contributed by atoms with Gasteiger partial charge in [0.05, 0.1) is 10.6 Å². The Morgan fingerprint density at radius 1 is 1.33 bits per heavy atom. The molecule has 0 aromatic heterocycles. The first kappa shape index (κ1) is 12.5. The molecule has 1 aromatic carbocycles. The second-order valence-electron chi connectivity index (χ2n) is 3.90. The molecule has 0 saturated carbocycles. The van der Waals surface area contributed by atoms with Crippen molar-refractivity contribution in [3.63, 3.8) is 0 Å². The van der Waals surface area contributed by atoms with E-state index in [9.17, 15) is 8.42 Å². The second-order valence-corrected chi connectivity index (χ2v) is 6.85. The highest BCUT2D eigenvalue weighted by molar-refractivity contribution is 9.10. The molecular formula is C10H14BrNO2S. The predicted octanol–water partition coefficient (Wildman–Crippen LogP) is 2.46. The Morgan fingerprint density at radius 3 is 2.40 bits per heavy atom. The van der Waals surface area contributed by atoms with Gasteiger partial charge in [0.25, 0.3) is 0 Å². The van der Waals surface area contributed by atoms with Crippen LogP contribution in [-0.2, 0) is 9.84 Å². The largest absolute Gasteiger partial charge is 0.399 e. The molecule has 0 heterocycles. The van der Waals surface area contributed by atoms with Crippen LogP contribution in [0.3, 0.4) is 0 Å². The van der Waals surface area contributed by atoms with Crippen molar-refractivity contribution < 1.29 is 8.42 Å². The highest BCUT2D eigenvalue weighted by Crippen LogP contribution is 2.22. The third-order valence-electron chi connectivity index (χ3n) is 1.81. The molecule has 0 aliphatic heterocycles. The number of hydrogen-bond donors (Lipinski definition) is 1. The molecule has 0 spiro atoms. The van der Waals surface area contributed by atoms with Gasteiger partial charge in [0.2, 0.25) is 0 Å². The summed E-state index contributed by atoms with van der Waals surface area (Å²) < 4.78 is 24.4. The van der Waals surface area contributed by atoms with Crippen LogP contribution in [0.15, 0.2) is 27.6 Å². The zero-order valence-electron chi connectivity index (χ0n) is 8.70. The van der Waals surface area contributed by atoms with E-state index in [-0.39, 0.29) is 16.6 Å². The molecular weight excluding hydrogens is 278 g/mol. The lowest BCUT2D eigenvalue weighted by molar-refractivity contribution is 0.582. The maximum Gasteiger partial charge on any atom is 0.178 e. The molecule has 3 nitrogen and oxygen atoms in total. The zero-order chi connectivity index (χ0) is 11.6. The van der Waals surface area contributed by atoms with Crippen LogP contribution < -0.4 is 5.73 Å². The molecule has 1 rings (SSSR count). The van der Waals surface area contributed by atoms with Crippen molar-refractivity contribution in [2.45, 2.75) is 18.7 Å². The fourth-order valence-corrected chi connectivity index (χ4v) is 3.65. The zero-order valence-corrected chi connectivity index (χ0v) is 11.1. The van der Waals surface area contributed by atoms with Crippen LogP contribution in [0.5, 0.6) is 0 Å². The molecule has 0 aliphatic carbocycles. The van der Waals surface area contributed by atoms with E-state index in [4.69, 9.17) is 5.73 Å². The Balaban J connectivity index is 3.16. The molecule has 0 unspecified atom stereocenters. The molecule has 0 atom stereocenters. The van der Waals surface area contributed by atoms with Crippen LogP contribution in [0, 0.1) is 5.92 Å². The van der Waals surface area contributed by atoms with Crippen molar-refractivity contribution in [3.05, 3.63) is 22.7 Å². The standard InChI is InChI=1S/C10H14BrNO2S/c1-7(2)6-15(13,14)10-4-8(11)3-9(12)5-10/h3-5,7H,6,12H2,1-2H3. The second kappa shape index (κ2) is 4.53. The summed E-state index contributed by atoms with van der Waals surface area (Å²) in [5.74, 6) is 0.248. The first-order valence-electron chi connectivity index (χ1n) is 4.60. The van der Waals surface area contributed by atoms with Crippen LogP contribution in [-0.4, -0.2) is 14.2 Å². The molecule has 5 heteroatoms. The topological polar surface area (TPSA) is 60.2 Å². The van der Waals surface area contributed by atoms with E-state index in [1.165, 1.54) is 6.07 Å². The lowest BCUT2D eigenvalue weighted by Crippen LogP contribution is -2.12. The number of nitrogens with two attached hydrogens (primary N) is 1. The molecule has 2 N–H and O–H groups in total. The van der Waals surface area contributed by atoms with Crippen molar-refractivity contribution in [1.82, 2.24) is 0 Å². The summed E-state index contributed by atoms with van der Waals surface area (Å²) in [6.07, 6.45) is 0. The number of nitrogen functional groups attached to an aromatic ring is 1. The average Bonchev–Trinajstić information content (AvgIpc) is 1.99. The number of sulfone groups is 1. The van der Waals surface area contributed by atoms with Gasteiger partial charge in [-0.3, -0.25) is 0 Å². The molecule has 0 saturated heterocycles. The predicted molar refractivity (Wildman–Crippen MR) is 65.4 cm³/mol. The third kappa shape index (κ3) is 3.50. The maximum absolute atomic E-state index is 11.9. The molecule has 1 aromatic rings. The minimum Gasteiger partial charge on any atom is -0.399 e.